The van der Waals surface area contributed by atoms with Gasteiger partial charge in [-0.2, -0.15) is 0 Å². The maximum absolute atomic E-state index is 14.0. The molecule has 5 atom stereocenters. The summed E-state index contributed by atoms with van der Waals surface area (Å²) in [7, 11) is 0. The first-order valence-corrected chi connectivity index (χ1v) is 24.8. The van der Waals surface area contributed by atoms with Crippen LogP contribution in [0.5, 0.6) is 0 Å². The highest BCUT2D eigenvalue weighted by molar-refractivity contribution is 7.13. The number of carbonyl (C=O) groups excluding carboxylic acids is 5. The largest absolute Gasteiger partial charge is 0.391 e. The average molecular weight is 993 g/mol. The molecule has 1 saturated heterocycles. The highest BCUT2D eigenvalue weighted by atomic mass is 35.5. The molecule has 7 rings (SSSR count). The van der Waals surface area contributed by atoms with Crippen molar-refractivity contribution in [1.29, 1.82) is 0 Å². The van der Waals surface area contributed by atoms with Gasteiger partial charge in [0, 0.05) is 61.0 Å². The van der Waals surface area contributed by atoms with E-state index in [2.05, 4.69) is 39.2 Å². The van der Waals surface area contributed by atoms with Gasteiger partial charge in [-0.3, -0.25) is 24.0 Å². The molecule has 2 aliphatic rings. The normalized spacial score (nSPS) is 18.2. The Morgan fingerprint density at radius 2 is 1.56 bits per heavy atom. The molecule has 0 bridgehead atoms. The maximum atomic E-state index is 14.0. The number of ether oxygens (including phenoxy) is 2. The molecule has 17 heteroatoms. The fraction of sp³-hybridized carbons (Fsp3) is 0.396. The minimum atomic E-state index is -0.993. The number of thiazole rings is 1. The van der Waals surface area contributed by atoms with Crippen LogP contribution < -0.4 is 26.2 Å². The molecular formula is C53H62ClN7O8S. The van der Waals surface area contributed by atoms with Crippen molar-refractivity contribution in [3.8, 4) is 21.6 Å². The Labute approximate surface area is 418 Å². The van der Waals surface area contributed by atoms with Gasteiger partial charge in [0.05, 0.1) is 48.0 Å². The summed E-state index contributed by atoms with van der Waals surface area (Å²) in [5.74, 6) is -1.63. The number of aliphatic hydroxyl groups excluding tert-OH is 1. The molecule has 1 fully saturated rings. The number of fused-ring (bicyclic) bond motifs is 1. The summed E-state index contributed by atoms with van der Waals surface area (Å²) in [5.41, 5.74) is 9.14. The molecule has 370 valence electrons. The van der Waals surface area contributed by atoms with E-state index in [1.165, 1.54) is 4.90 Å². The zero-order chi connectivity index (χ0) is 50.1. The Kier molecular flexibility index (Phi) is 17.1. The lowest BCUT2D eigenvalue weighted by molar-refractivity contribution is -0.144. The van der Waals surface area contributed by atoms with E-state index in [4.69, 9.17) is 21.1 Å². The van der Waals surface area contributed by atoms with Gasteiger partial charge in [-0.05, 0) is 102 Å². The van der Waals surface area contributed by atoms with Gasteiger partial charge in [0.2, 0.25) is 23.6 Å². The number of hydrogen-bond acceptors (Lipinski definition) is 11. The highest BCUT2D eigenvalue weighted by Gasteiger charge is 2.44. The van der Waals surface area contributed by atoms with E-state index in [-0.39, 0.29) is 82.3 Å². The van der Waals surface area contributed by atoms with Crippen LogP contribution in [0.2, 0.25) is 5.02 Å². The Bertz CT molecular complexity index is 2640. The molecule has 3 heterocycles. The number of halogens is 1. The molecule has 5 aromatic rings. The molecule has 0 radical (unpaired) electrons. The molecule has 1 aromatic heterocycles. The molecule has 15 nitrogen and oxygen atoms in total. The lowest BCUT2D eigenvalue weighted by Gasteiger charge is -2.39. The number of nitrogens with zero attached hydrogens (tertiary/aromatic N) is 3. The summed E-state index contributed by atoms with van der Waals surface area (Å²) in [4.78, 5) is 74.8. The fourth-order valence-electron chi connectivity index (χ4n) is 8.93. The van der Waals surface area contributed by atoms with E-state index in [1.807, 2.05) is 105 Å². The van der Waals surface area contributed by atoms with Gasteiger partial charge in [-0.15, -0.1) is 11.3 Å². The van der Waals surface area contributed by atoms with E-state index in [0.717, 1.165) is 56.2 Å². The van der Waals surface area contributed by atoms with Crippen molar-refractivity contribution < 1.29 is 38.6 Å². The van der Waals surface area contributed by atoms with Crippen molar-refractivity contribution in [3.63, 3.8) is 0 Å². The van der Waals surface area contributed by atoms with Crippen LogP contribution in [0.1, 0.15) is 80.7 Å². The molecule has 0 unspecified atom stereocenters. The number of nitrogens with one attached hydrogen (secondary N) is 4. The molecule has 5 amide bonds. The Hall–Kier alpha value is -6.17. The van der Waals surface area contributed by atoms with Crippen molar-refractivity contribution >= 4 is 63.8 Å². The van der Waals surface area contributed by atoms with Gasteiger partial charge in [-0.1, -0.05) is 74.8 Å². The van der Waals surface area contributed by atoms with Crippen LogP contribution in [0.3, 0.4) is 0 Å². The van der Waals surface area contributed by atoms with Crippen molar-refractivity contribution in [3.05, 3.63) is 124 Å². The number of carbonyl (C=O) groups is 5. The summed E-state index contributed by atoms with van der Waals surface area (Å²) >= 11 is 7.69. The Morgan fingerprint density at radius 3 is 2.23 bits per heavy atom. The summed E-state index contributed by atoms with van der Waals surface area (Å²) in [6.45, 7) is 11.7. The molecule has 70 heavy (non-hydrogen) atoms. The van der Waals surface area contributed by atoms with Crippen LogP contribution in [0.15, 0.2) is 96.5 Å². The number of aliphatic hydroxyl groups is 1. The summed E-state index contributed by atoms with van der Waals surface area (Å²) in [5, 5.41) is 23.4. The van der Waals surface area contributed by atoms with Crippen LogP contribution in [0.25, 0.3) is 21.6 Å². The minimum absolute atomic E-state index is 0.000523. The predicted octanol–water partition coefficient (Wildman–Crippen LogP) is 7.31. The Balaban J connectivity index is 0.827. The monoisotopic (exact) mass is 991 g/mol. The van der Waals surface area contributed by atoms with E-state index in [9.17, 15) is 29.1 Å². The topological polar surface area (TPSA) is 192 Å². The number of hydrogen-bond donors (Lipinski definition) is 5. The number of anilines is 2. The van der Waals surface area contributed by atoms with Crippen LogP contribution in [-0.2, 0) is 35.2 Å². The minimum Gasteiger partial charge on any atom is -0.391 e. The molecular weight excluding hydrogens is 930 g/mol. The molecule has 0 spiro atoms. The van der Waals surface area contributed by atoms with Gasteiger partial charge < -0.3 is 45.6 Å². The van der Waals surface area contributed by atoms with Crippen LogP contribution in [-0.4, -0.2) is 108 Å². The van der Waals surface area contributed by atoms with Crippen molar-refractivity contribution in [2.75, 3.05) is 49.7 Å². The van der Waals surface area contributed by atoms with Gasteiger partial charge in [-0.25, -0.2) is 4.98 Å². The van der Waals surface area contributed by atoms with Gasteiger partial charge in [0.1, 0.15) is 18.7 Å². The molecule has 4 aromatic carbocycles. The number of amides is 5. The van der Waals surface area contributed by atoms with Crippen LogP contribution in [0.4, 0.5) is 11.4 Å². The summed E-state index contributed by atoms with van der Waals surface area (Å²) < 4.78 is 11.2. The third-order valence-corrected chi connectivity index (χ3v) is 13.8. The first kappa shape index (κ1) is 51.7. The van der Waals surface area contributed by atoms with E-state index in [0.29, 0.717) is 10.6 Å². The quantitative estimate of drug-likeness (QED) is 0.0557. The SMILES string of the molecule is CC(=O)N1c2ccc(-c3ccc(C(=O)NCCOCCOCC(=O)N[C@H](C(=O)N4C[C@H](O)C[C@H]4C(=O)NCc4ccc(-c5scnc5C)cc4)C(C)(C)C)cc3)cc2[C@H](Nc2ccc(Cl)cc2)C[C@@H]1C. The number of benzene rings is 4. The third-order valence-electron chi connectivity index (χ3n) is 12.5. The van der Waals surface area contributed by atoms with E-state index in [1.54, 1.807) is 35.9 Å². The summed E-state index contributed by atoms with van der Waals surface area (Å²) in [6.07, 6.45) is -0.0864. The number of β-amino-alcohol motifs (C(OH)–C–C–N with tert-alkyl or cyclic N) is 1. The first-order chi connectivity index (χ1) is 33.5. The second-order valence-corrected chi connectivity index (χ2v) is 20.2. The van der Waals surface area contributed by atoms with Crippen molar-refractivity contribution in [1.82, 2.24) is 25.8 Å². The predicted molar refractivity (Wildman–Crippen MR) is 273 cm³/mol. The smallest absolute Gasteiger partial charge is 0.251 e. The van der Waals surface area contributed by atoms with Crippen molar-refractivity contribution in [2.24, 2.45) is 5.41 Å². The molecule has 2 aliphatic heterocycles. The van der Waals surface area contributed by atoms with Gasteiger partial charge in [0.15, 0.2) is 0 Å². The average Bonchev–Trinajstić information content (AvgIpc) is 3.95. The van der Waals surface area contributed by atoms with E-state index >= 15 is 0 Å². The zero-order valence-electron chi connectivity index (χ0n) is 40.4. The second kappa shape index (κ2) is 23.2. The fourth-order valence-corrected chi connectivity index (χ4v) is 9.87. The van der Waals surface area contributed by atoms with Gasteiger partial charge >= 0.3 is 0 Å². The molecule has 0 aliphatic carbocycles. The summed E-state index contributed by atoms with van der Waals surface area (Å²) in [6, 6.07) is 26.9. The number of aryl methyl sites for hydroxylation is 1. The lowest BCUT2D eigenvalue weighted by atomic mass is 9.85. The molecule has 5 N–H and O–H groups in total. The van der Waals surface area contributed by atoms with Crippen LogP contribution in [0, 0.1) is 12.3 Å². The number of likely N-dealkylation sites (tertiary alicyclic amines) is 1. The second-order valence-electron chi connectivity index (χ2n) is 18.9. The number of rotatable bonds is 18. The third kappa shape index (κ3) is 13.0. The standard InChI is InChI=1S/C53H62ClN7O8S/c1-32-25-44(58-41-18-16-40(54)17-19-41)43-26-39(15-20-45(43)61(32)34(3)62)36-11-13-38(14-12-36)50(65)55-21-22-68-23-24-69-30-47(64)59-49(53(4,5)6)52(67)60-29-42(63)27-46(60)51(66)56-28-35-7-9-37(10-8-35)48-33(2)57-31-70-48/h7-20,26,31-32,42,44,46,49,58,63H,21-25,27-30H2,1-6H3,(H,55,65)(H,56,66)(H,59,64)/t32-,42+,44+,46-,49+/m0/s1. The van der Waals surface area contributed by atoms with Gasteiger partial charge in [0.25, 0.3) is 5.91 Å². The maximum Gasteiger partial charge on any atom is 0.251 e. The Morgan fingerprint density at radius 1 is 0.871 bits per heavy atom. The van der Waals surface area contributed by atoms with E-state index < -0.39 is 35.4 Å². The zero-order valence-corrected chi connectivity index (χ0v) is 42.0. The molecule has 0 saturated carbocycles. The first-order valence-electron chi connectivity index (χ1n) is 23.5. The van der Waals surface area contributed by atoms with Crippen LogP contribution >= 0.6 is 22.9 Å². The van der Waals surface area contributed by atoms with Crippen molar-refractivity contribution in [2.45, 2.75) is 91.2 Å². The number of aromatic nitrogens is 1. The highest BCUT2D eigenvalue weighted by Crippen LogP contribution is 2.41. The lowest BCUT2D eigenvalue weighted by Crippen LogP contribution is -2.58.